The van der Waals surface area contributed by atoms with E-state index in [-0.39, 0.29) is 37.9 Å². The molecule has 204 valence electrons. The predicted molar refractivity (Wildman–Crippen MR) is 141 cm³/mol. The number of halogens is 1. The predicted octanol–water partition coefficient (Wildman–Crippen LogP) is 1.21. The van der Waals surface area contributed by atoms with Crippen molar-refractivity contribution < 1.29 is 19.4 Å². The van der Waals surface area contributed by atoms with Gasteiger partial charge < -0.3 is 25.4 Å². The van der Waals surface area contributed by atoms with E-state index in [9.17, 15) is 15.0 Å². The fraction of sp³-hybridized carbons (Fsp3) is 0.407. The lowest BCUT2D eigenvalue weighted by Gasteiger charge is -2.42. The zero-order chi connectivity index (χ0) is 27.1. The number of fused-ring (bicyclic) bond motifs is 1. The third-order valence-electron chi connectivity index (χ3n) is 7.68. The van der Waals surface area contributed by atoms with Gasteiger partial charge in [-0.05, 0) is 43.5 Å². The first-order valence-corrected chi connectivity index (χ1v) is 13.1. The summed E-state index contributed by atoms with van der Waals surface area (Å²) >= 11 is 0. The van der Waals surface area contributed by atoms with Crippen LogP contribution in [0, 0.1) is 5.82 Å². The van der Waals surface area contributed by atoms with E-state index in [4.69, 9.17) is 5.73 Å². The molecule has 12 heteroatoms. The smallest absolute Gasteiger partial charge is 0.231 e. The number of aliphatic hydroxyl groups excluding tert-OH is 1. The van der Waals surface area contributed by atoms with Gasteiger partial charge in [0.1, 0.15) is 29.2 Å². The van der Waals surface area contributed by atoms with Crippen LogP contribution < -0.4 is 10.6 Å². The Morgan fingerprint density at radius 2 is 2.08 bits per heavy atom. The van der Waals surface area contributed by atoms with Crippen LogP contribution in [0.15, 0.2) is 55.2 Å². The number of nitrogens with zero attached hydrogens (tertiary/aromatic N) is 7. The number of primary amides is 1. The second-order valence-corrected chi connectivity index (χ2v) is 10.5. The molecule has 0 unspecified atom stereocenters. The molecule has 0 bridgehead atoms. The van der Waals surface area contributed by atoms with Gasteiger partial charge in [0.25, 0.3) is 0 Å². The number of nitrogens with two attached hydrogens (primary N) is 1. The Labute approximate surface area is 224 Å². The van der Waals surface area contributed by atoms with Gasteiger partial charge in [-0.3, -0.25) is 9.69 Å². The van der Waals surface area contributed by atoms with Gasteiger partial charge in [0.15, 0.2) is 0 Å². The lowest BCUT2D eigenvalue weighted by Crippen LogP contribution is -2.58. The van der Waals surface area contributed by atoms with Crippen molar-refractivity contribution in [3.8, 4) is 5.69 Å². The minimum Gasteiger partial charge on any atom is -0.389 e. The Bertz CT molecular complexity index is 1490. The molecule has 1 saturated heterocycles. The highest BCUT2D eigenvalue weighted by molar-refractivity contribution is 5.88. The van der Waals surface area contributed by atoms with Crippen LogP contribution in [0.3, 0.4) is 0 Å². The molecule has 0 radical (unpaired) electrons. The summed E-state index contributed by atoms with van der Waals surface area (Å²) in [7, 11) is 0. The maximum atomic E-state index is 15.2. The fourth-order valence-corrected chi connectivity index (χ4v) is 5.39. The molecule has 1 aromatic carbocycles. The van der Waals surface area contributed by atoms with E-state index in [0.29, 0.717) is 35.8 Å². The second kappa shape index (κ2) is 10.0. The van der Waals surface area contributed by atoms with Crippen LogP contribution in [0.2, 0.25) is 0 Å². The molecular formula is C27H31FN8O3. The van der Waals surface area contributed by atoms with Crippen molar-refractivity contribution in [3.05, 3.63) is 66.6 Å². The van der Waals surface area contributed by atoms with Crippen LogP contribution >= 0.6 is 0 Å². The number of carbonyl (C=O) groups excluding carboxylic acids is 1. The van der Waals surface area contributed by atoms with Gasteiger partial charge in [0, 0.05) is 49.8 Å². The first-order chi connectivity index (χ1) is 18.8. The summed E-state index contributed by atoms with van der Waals surface area (Å²) in [6, 6.07) is 9.06. The third kappa shape index (κ3) is 5.10. The molecule has 1 saturated carbocycles. The normalized spacial score (nSPS) is 21.9. The number of anilines is 1. The van der Waals surface area contributed by atoms with Crippen LogP contribution in [-0.2, 0) is 17.9 Å². The zero-order valence-corrected chi connectivity index (χ0v) is 21.4. The van der Waals surface area contributed by atoms with Gasteiger partial charge in [-0.2, -0.15) is 5.10 Å². The molecule has 2 fully saturated rings. The molecule has 3 aromatic heterocycles. The molecule has 1 aliphatic carbocycles. The van der Waals surface area contributed by atoms with Crippen LogP contribution in [0.5, 0.6) is 0 Å². The van der Waals surface area contributed by atoms with Gasteiger partial charge in [0.05, 0.1) is 30.3 Å². The summed E-state index contributed by atoms with van der Waals surface area (Å²) in [4.78, 5) is 24.2. The number of benzene rings is 1. The molecule has 0 spiro atoms. The topological polar surface area (TPSA) is 139 Å². The third-order valence-corrected chi connectivity index (χ3v) is 7.68. The van der Waals surface area contributed by atoms with Crippen LogP contribution in [0.4, 0.5) is 10.2 Å². The highest BCUT2D eigenvalue weighted by atomic mass is 19.1. The molecule has 1 aliphatic heterocycles. The summed E-state index contributed by atoms with van der Waals surface area (Å²) in [6.45, 7) is 1.12. The Morgan fingerprint density at radius 1 is 1.23 bits per heavy atom. The van der Waals surface area contributed by atoms with Crippen molar-refractivity contribution in [2.75, 3.05) is 24.5 Å². The fourth-order valence-electron chi connectivity index (χ4n) is 5.39. The highest BCUT2D eigenvalue weighted by Crippen LogP contribution is 2.36. The summed E-state index contributed by atoms with van der Waals surface area (Å²) in [6.07, 6.45) is 7.94. The van der Waals surface area contributed by atoms with Crippen molar-refractivity contribution in [2.24, 2.45) is 5.73 Å². The molecule has 2 atom stereocenters. The van der Waals surface area contributed by atoms with E-state index in [2.05, 4.69) is 20.0 Å². The van der Waals surface area contributed by atoms with Gasteiger partial charge >= 0.3 is 0 Å². The van der Waals surface area contributed by atoms with Gasteiger partial charge in [-0.25, -0.2) is 19.0 Å². The summed E-state index contributed by atoms with van der Waals surface area (Å²) in [5.74, 6) is -0.0711. The summed E-state index contributed by atoms with van der Waals surface area (Å²) in [5.41, 5.74) is 5.74. The van der Waals surface area contributed by atoms with E-state index in [0.717, 1.165) is 18.2 Å². The Kier molecular flexibility index (Phi) is 6.53. The zero-order valence-electron chi connectivity index (χ0n) is 21.4. The number of β-amino-alcohol motifs (C(OH)–C–C–N with tert-alkyl or cyclic N) is 1. The number of hydrogen-bond donors (Lipinski definition) is 3. The molecule has 4 N–H and O–H groups in total. The molecule has 1 amide bonds. The number of amides is 1. The molecule has 2 aliphatic rings. The maximum absolute atomic E-state index is 15.2. The second-order valence-electron chi connectivity index (χ2n) is 10.5. The number of carbonyl (C=O) groups is 1. The minimum atomic E-state index is -1.39. The lowest BCUT2D eigenvalue weighted by atomic mass is 9.88. The minimum absolute atomic E-state index is 0.0414. The van der Waals surface area contributed by atoms with E-state index < -0.39 is 17.6 Å². The van der Waals surface area contributed by atoms with Crippen molar-refractivity contribution in [3.63, 3.8) is 0 Å². The molecule has 39 heavy (non-hydrogen) atoms. The lowest BCUT2D eigenvalue weighted by molar-refractivity contribution is -0.135. The standard InChI is InChI=1S/C27H31FN8O3/c28-22-12-20(36-9-1-8-32-36)3-2-18(22)13-35(19-4-5-19)26-21-6-10-34(25(21)30-17-31-26)16-27(39)7-11-33(14-23(27)37)15-24(29)38/h1-3,6,8-10,12,17,19,23,37,39H,4-5,7,11,13-16H2,(H2,29,38)/t23-,27-/m1/s1. The van der Waals surface area contributed by atoms with Crippen LogP contribution in [0.1, 0.15) is 24.8 Å². The first-order valence-electron chi connectivity index (χ1n) is 13.1. The monoisotopic (exact) mass is 534 g/mol. The first kappa shape index (κ1) is 25.4. The quantitative estimate of drug-likeness (QED) is 0.291. The number of likely N-dealkylation sites (tertiary alicyclic amines) is 1. The molecule has 4 heterocycles. The summed E-state index contributed by atoms with van der Waals surface area (Å²) in [5, 5.41) is 27.0. The Balaban J connectivity index is 1.25. The van der Waals surface area contributed by atoms with E-state index in [1.165, 1.54) is 12.4 Å². The molecular weight excluding hydrogens is 503 g/mol. The van der Waals surface area contributed by atoms with Crippen molar-refractivity contribution >= 4 is 22.8 Å². The van der Waals surface area contributed by atoms with Gasteiger partial charge in [0.2, 0.25) is 5.91 Å². The van der Waals surface area contributed by atoms with Crippen LogP contribution in [0.25, 0.3) is 16.7 Å². The Morgan fingerprint density at radius 3 is 2.77 bits per heavy atom. The number of rotatable bonds is 9. The van der Waals surface area contributed by atoms with Gasteiger partial charge in [-0.15, -0.1) is 0 Å². The maximum Gasteiger partial charge on any atom is 0.231 e. The SMILES string of the molecule is NC(=O)CN1CC[C@@](O)(Cn2ccc3c(N(Cc4ccc(-n5cccn5)cc4F)C4CC4)ncnc32)[C@H](O)C1. The number of hydrogen-bond acceptors (Lipinski definition) is 8. The average molecular weight is 535 g/mol. The van der Waals surface area contributed by atoms with E-state index in [1.54, 1.807) is 34.1 Å². The summed E-state index contributed by atoms with van der Waals surface area (Å²) < 4.78 is 18.6. The molecule has 4 aromatic rings. The van der Waals surface area contributed by atoms with Crippen LogP contribution in [-0.4, -0.2) is 82.7 Å². The largest absolute Gasteiger partial charge is 0.389 e. The molecule has 11 nitrogen and oxygen atoms in total. The van der Waals surface area contributed by atoms with Gasteiger partial charge in [-0.1, -0.05) is 6.07 Å². The van der Waals surface area contributed by atoms with Crippen molar-refractivity contribution in [2.45, 2.75) is 50.1 Å². The number of piperidine rings is 1. The van der Waals surface area contributed by atoms with Crippen molar-refractivity contribution in [1.29, 1.82) is 0 Å². The average Bonchev–Trinajstić information content (AvgIpc) is 3.43. The molecule has 6 rings (SSSR count). The Hall–Kier alpha value is -3.87. The van der Waals surface area contributed by atoms with E-state index in [1.807, 2.05) is 22.9 Å². The van der Waals surface area contributed by atoms with Crippen molar-refractivity contribution in [1.82, 2.24) is 29.2 Å². The highest BCUT2D eigenvalue weighted by Gasteiger charge is 2.41. The number of aliphatic hydroxyl groups is 2. The number of aromatic nitrogens is 5. The van der Waals surface area contributed by atoms with E-state index >= 15 is 4.39 Å².